The predicted octanol–water partition coefficient (Wildman–Crippen LogP) is 0.0392. The molecule has 0 saturated carbocycles. The second kappa shape index (κ2) is 6.08. The van der Waals surface area contributed by atoms with E-state index in [2.05, 4.69) is 17.1 Å². The number of hydrogen-bond donors (Lipinski definition) is 2. The Morgan fingerprint density at radius 1 is 1.67 bits per heavy atom. The fraction of sp³-hybridized carbons (Fsp3) is 0.909. The molecule has 1 saturated heterocycles. The van der Waals surface area contributed by atoms with Gasteiger partial charge < -0.3 is 16.0 Å². The summed E-state index contributed by atoms with van der Waals surface area (Å²) in [4.78, 5) is 13.9. The predicted molar refractivity (Wildman–Crippen MR) is 61.4 cm³/mol. The first-order valence-electron chi connectivity index (χ1n) is 5.81. The van der Waals surface area contributed by atoms with Crippen molar-refractivity contribution in [2.75, 3.05) is 33.2 Å². The third-order valence-electron chi connectivity index (χ3n) is 3.09. The Morgan fingerprint density at radius 2 is 2.40 bits per heavy atom. The third-order valence-corrected chi connectivity index (χ3v) is 3.09. The fourth-order valence-corrected chi connectivity index (χ4v) is 2.15. The number of nitrogens with one attached hydrogen (secondary N) is 1. The maximum atomic E-state index is 11.5. The van der Waals surface area contributed by atoms with Gasteiger partial charge in [0, 0.05) is 20.1 Å². The highest BCUT2D eigenvalue weighted by molar-refractivity contribution is 5.78. The van der Waals surface area contributed by atoms with Crippen molar-refractivity contribution in [1.29, 1.82) is 0 Å². The van der Waals surface area contributed by atoms with Gasteiger partial charge in [-0.25, -0.2) is 0 Å². The van der Waals surface area contributed by atoms with Crippen LogP contribution in [-0.2, 0) is 4.79 Å². The Labute approximate surface area is 92.2 Å². The summed E-state index contributed by atoms with van der Waals surface area (Å²) in [6, 6.07) is 0. The minimum Gasteiger partial charge on any atom is -0.359 e. The van der Waals surface area contributed by atoms with Crippen LogP contribution in [-0.4, -0.2) is 44.0 Å². The van der Waals surface area contributed by atoms with Crippen LogP contribution >= 0.6 is 0 Å². The first-order chi connectivity index (χ1) is 7.17. The summed E-state index contributed by atoms with van der Waals surface area (Å²) < 4.78 is 0. The molecule has 1 aliphatic rings. The van der Waals surface area contributed by atoms with Gasteiger partial charge in [0.15, 0.2) is 0 Å². The molecule has 0 aromatic carbocycles. The molecular formula is C11H23N3O. The Balaban J connectivity index is 2.38. The van der Waals surface area contributed by atoms with E-state index >= 15 is 0 Å². The van der Waals surface area contributed by atoms with Crippen molar-refractivity contribution in [1.82, 2.24) is 10.2 Å². The fourth-order valence-electron chi connectivity index (χ4n) is 2.15. The molecule has 1 amide bonds. The number of amides is 1. The molecule has 4 heteroatoms. The molecule has 0 aromatic rings. The molecule has 15 heavy (non-hydrogen) atoms. The zero-order valence-corrected chi connectivity index (χ0v) is 9.83. The number of rotatable bonds is 4. The summed E-state index contributed by atoms with van der Waals surface area (Å²) in [7, 11) is 1.71. The highest BCUT2D eigenvalue weighted by Gasteiger charge is 2.25. The minimum atomic E-state index is 0.175. The van der Waals surface area contributed by atoms with Crippen molar-refractivity contribution in [2.24, 2.45) is 17.6 Å². The van der Waals surface area contributed by atoms with Crippen LogP contribution in [0.15, 0.2) is 0 Å². The summed E-state index contributed by atoms with van der Waals surface area (Å²) in [6.07, 6.45) is 2.14. The second-order valence-electron chi connectivity index (χ2n) is 4.55. The van der Waals surface area contributed by atoms with Crippen LogP contribution in [0.2, 0.25) is 0 Å². The molecule has 0 aromatic heterocycles. The van der Waals surface area contributed by atoms with Gasteiger partial charge in [-0.2, -0.15) is 0 Å². The van der Waals surface area contributed by atoms with E-state index in [1.165, 1.54) is 0 Å². The molecule has 1 fully saturated rings. The van der Waals surface area contributed by atoms with Crippen molar-refractivity contribution in [2.45, 2.75) is 19.8 Å². The zero-order chi connectivity index (χ0) is 11.3. The molecule has 0 radical (unpaired) electrons. The van der Waals surface area contributed by atoms with Gasteiger partial charge in [0.05, 0.1) is 5.92 Å². The molecular weight excluding hydrogens is 190 g/mol. The lowest BCUT2D eigenvalue weighted by molar-refractivity contribution is -0.126. The van der Waals surface area contributed by atoms with Crippen LogP contribution in [0.5, 0.6) is 0 Å². The van der Waals surface area contributed by atoms with E-state index in [1.54, 1.807) is 7.05 Å². The molecule has 0 bridgehead atoms. The van der Waals surface area contributed by atoms with Crippen LogP contribution in [0.4, 0.5) is 0 Å². The minimum absolute atomic E-state index is 0.175. The second-order valence-corrected chi connectivity index (χ2v) is 4.55. The molecule has 0 aliphatic carbocycles. The molecule has 0 spiro atoms. The standard InChI is InChI=1S/C11H23N3O/c1-9(6-12)7-14-5-3-4-10(8-14)11(15)13-2/h9-10H,3-8,12H2,1-2H3,(H,13,15). The molecule has 2 unspecified atom stereocenters. The lowest BCUT2D eigenvalue weighted by Gasteiger charge is -2.33. The van der Waals surface area contributed by atoms with E-state index in [9.17, 15) is 4.79 Å². The van der Waals surface area contributed by atoms with Crippen molar-refractivity contribution < 1.29 is 4.79 Å². The van der Waals surface area contributed by atoms with E-state index in [0.717, 1.165) is 39.0 Å². The van der Waals surface area contributed by atoms with Crippen molar-refractivity contribution in [3.8, 4) is 0 Å². The van der Waals surface area contributed by atoms with Crippen LogP contribution in [0.3, 0.4) is 0 Å². The van der Waals surface area contributed by atoms with E-state index in [4.69, 9.17) is 5.73 Å². The highest BCUT2D eigenvalue weighted by Crippen LogP contribution is 2.17. The van der Waals surface area contributed by atoms with Gasteiger partial charge in [-0.1, -0.05) is 6.92 Å². The maximum Gasteiger partial charge on any atom is 0.224 e. The molecule has 1 rings (SSSR count). The molecule has 1 aliphatic heterocycles. The van der Waals surface area contributed by atoms with Crippen LogP contribution in [0.1, 0.15) is 19.8 Å². The first kappa shape index (κ1) is 12.5. The summed E-state index contributed by atoms with van der Waals surface area (Å²) in [6.45, 7) is 5.90. The Morgan fingerprint density at radius 3 is 3.00 bits per heavy atom. The number of nitrogens with zero attached hydrogens (tertiary/aromatic N) is 1. The number of piperidine rings is 1. The molecule has 1 heterocycles. The van der Waals surface area contributed by atoms with Crippen LogP contribution in [0, 0.1) is 11.8 Å². The first-order valence-corrected chi connectivity index (χ1v) is 5.81. The van der Waals surface area contributed by atoms with E-state index < -0.39 is 0 Å². The molecule has 88 valence electrons. The summed E-state index contributed by atoms with van der Waals surface area (Å²) in [5.74, 6) is 0.877. The van der Waals surface area contributed by atoms with Gasteiger partial charge in [0.2, 0.25) is 5.91 Å². The molecule has 3 N–H and O–H groups in total. The Kier molecular flexibility index (Phi) is 5.05. The lowest BCUT2D eigenvalue weighted by Crippen LogP contribution is -2.44. The number of nitrogens with two attached hydrogens (primary N) is 1. The van der Waals surface area contributed by atoms with Crippen molar-refractivity contribution >= 4 is 5.91 Å². The summed E-state index contributed by atoms with van der Waals surface area (Å²) in [5.41, 5.74) is 5.60. The Hall–Kier alpha value is -0.610. The average molecular weight is 213 g/mol. The van der Waals surface area contributed by atoms with Gasteiger partial charge in [-0.05, 0) is 31.8 Å². The topological polar surface area (TPSA) is 58.4 Å². The lowest BCUT2D eigenvalue weighted by atomic mass is 9.96. The highest BCUT2D eigenvalue weighted by atomic mass is 16.1. The number of carbonyl (C=O) groups excluding carboxylic acids is 1. The normalized spacial score (nSPS) is 24.9. The Bertz CT molecular complexity index is 208. The van der Waals surface area contributed by atoms with Crippen LogP contribution in [0.25, 0.3) is 0 Å². The SMILES string of the molecule is CNC(=O)C1CCCN(CC(C)CN)C1. The zero-order valence-electron chi connectivity index (χ0n) is 9.83. The average Bonchev–Trinajstić information content (AvgIpc) is 2.28. The van der Waals surface area contributed by atoms with Crippen LogP contribution < -0.4 is 11.1 Å². The third kappa shape index (κ3) is 3.80. The van der Waals surface area contributed by atoms with Gasteiger partial charge in [-0.15, -0.1) is 0 Å². The maximum absolute atomic E-state index is 11.5. The quantitative estimate of drug-likeness (QED) is 0.693. The largest absolute Gasteiger partial charge is 0.359 e. The van der Waals surface area contributed by atoms with Gasteiger partial charge in [0.25, 0.3) is 0 Å². The smallest absolute Gasteiger partial charge is 0.224 e. The molecule has 4 nitrogen and oxygen atoms in total. The monoisotopic (exact) mass is 213 g/mol. The number of carbonyl (C=O) groups is 1. The van der Waals surface area contributed by atoms with E-state index in [-0.39, 0.29) is 11.8 Å². The summed E-state index contributed by atoms with van der Waals surface area (Å²) >= 11 is 0. The van der Waals surface area contributed by atoms with Gasteiger partial charge in [0.1, 0.15) is 0 Å². The van der Waals surface area contributed by atoms with Gasteiger partial charge in [-0.3, -0.25) is 4.79 Å². The van der Waals surface area contributed by atoms with Crippen molar-refractivity contribution in [3.05, 3.63) is 0 Å². The van der Waals surface area contributed by atoms with E-state index in [0.29, 0.717) is 5.92 Å². The van der Waals surface area contributed by atoms with E-state index in [1.807, 2.05) is 0 Å². The molecule has 2 atom stereocenters. The summed E-state index contributed by atoms with van der Waals surface area (Å²) in [5, 5.41) is 2.73. The number of hydrogen-bond acceptors (Lipinski definition) is 3. The van der Waals surface area contributed by atoms with Gasteiger partial charge >= 0.3 is 0 Å². The van der Waals surface area contributed by atoms with Crippen molar-refractivity contribution in [3.63, 3.8) is 0 Å². The number of likely N-dealkylation sites (tertiary alicyclic amines) is 1.